The second-order valence-corrected chi connectivity index (χ2v) is 4.72. The van der Waals surface area contributed by atoms with Gasteiger partial charge in [-0.15, -0.1) is 0 Å². The van der Waals surface area contributed by atoms with E-state index < -0.39 is 49.0 Å². The fourth-order valence-corrected chi connectivity index (χ4v) is 1.43. The van der Waals surface area contributed by atoms with E-state index in [4.69, 9.17) is 10.3 Å². The van der Waals surface area contributed by atoms with Gasteiger partial charge in [0, 0.05) is 13.5 Å². The molecule has 2 atom stereocenters. The van der Waals surface area contributed by atoms with Crippen molar-refractivity contribution in [3.05, 3.63) is 5.53 Å². The summed E-state index contributed by atoms with van der Waals surface area (Å²) in [6.45, 7) is 0.492. The normalized spacial score (nSPS) is 13.4. The van der Waals surface area contributed by atoms with Crippen molar-refractivity contribution >= 4 is 23.9 Å². The Morgan fingerprint density at radius 2 is 1.96 bits per heavy atom. The summed E-state index contributed by atoms with van der Waals surface area (Å²) < 4.78 is 45.4. The third-order valence-corrected chi connectivity index (χ3v) is 2.83. The lowest BCUT2D eigenvalue weighted by Gasteiger charge is -2.19. The second kappa shape index (κ2) is 10.5. The van der Waals surface area contributed by atoms with E-state index in [0.29, 0.717) is 6.21 Å². The van der Waals surface area contributed by atoms with Gasteiger partial charge in [0.05, 0.1) is 6.42 Å². The Hall–Kier alpha value is -2.26. The maximum atomic E-state index is 12.0. The van der Waals surface area contributed by atoms with E-state index in [1.165, 1.54) is 14.0 Å². The Labute approximate surface area is 135 Å². The molecule has 0 aromatic carbocycles. The number of methoxy groups -OCH3 is 1. The van der Waals surface area contributed by atoms with Crippen LogP contribution in [0.5, 0.6) is 0 Å². The molecule has 0 aliphatic rings. The van der Waals surface area contributed by atoms with Gasteiger partial charge in [0.2, 0.25) is 11.7 Å². The highest BCUT2D eigenvalue weighted by molar-refractivity contribution is 6.25. The van der Waals surface area contributed by atoms with Crippen molar-refractivity contribution in [1.29, 1.82) is 0 Å². The Kier molecular flexibility index (Phi) is 9.51. The third-order valence-electron chi connectivity index (χ3n) is 2.83. The zero-order valence-corrected chi connectivity index (χ0v) is 13.1. The van der Waals surface area contributed by atoms with E-state index in [1.54, 1.807) is 0 Å². The fraction of sp³-hybridized carbons (Fsp3) is 0.692. The number of Topliss-reactive ketones (excluding diaryl/α,β-unsaturated/α-hetero) is 1. The number of carbonyl (C=O) groups is 3. The quantitative estimate of drug-likeness (QED) is 0.268. The summed E-state index contributed by atoms with van der Waals surface area (Å²) >= 11 is 0. The van der Waals surface area contributed by atoms with Crippen LogP contribution in [0.3, 0.4) is 0 Å². The number of amides is 1. The topological polar surface area (TPSA) is 118 Å². The molecule has 0 saturated carbocycles. The fourth-order valence-electron chi connectivity index (χ4n) is 1.43. The molecule has 0 spiro atoms. The maximum absolute atomic E-state index is 12.0. The van der Waals surface area contributed by atoms with Crippen LogP contribution in [0, 0.1) is 0 Å². The molecule has 0 saturated heterocycles. The van der Waals surface area contributed by atoms with E-state index >= 15 is 0 Å². The molecule has 0 radical (unpaired) electrons. The number of alkyl halides is 3. The molecule has 0 unspecified atom stereocenters. The SMILES string of the molecule is CO[C@@H](C)C(=O)N[C@@H](CCC(=O)C=[N+]=[N-])C(=O)OCCC(F)(F)F. The number of hydrogen-bond donors (Lipinski definition) is 1. The number of nitrogens with one attached hydrogen (secondary N) is 1. The first-order valence-electron chi connectivity index (χ1n) is 6.87. The lowest BCUT2D eigenvalue weighted by atomic mass is 10.1. The molecule has 8 nitrogen and oxygen atoms in total. The van der Waals surface area contributed by atoms with Gasteiger partial charge in [0.15, 0.2) is 0 Å². The standard InChI is InChI=1S/C13H18F3N3O5/c1-8(23-2)11(21)19-10(4-3-9(20)7-18-17)12(22)24-6-5-13(14,15)16/h7-8,10H,3-6H2,1-2H3,(H,19,21)/t8-,10-/m0/s1. The average Bonchev–Trinajstić information content (AvgIpc) is 2.49. The molecule has 0 bridgehead atoms. The lowest BCUT2D eigenvalue weighted by Crippen LogP contribution is -2.46. The highest BCUT2D eigenvalue weighted by atomic mass is 19.4. The number of ketones is 1. The summed E-state index contributed by atoms with van der Waals surface area (Å²) in [7, 11) is 1.25. The van der Waals surface area contributed by atoms with Gasteiger partial charge in [-0.3, -0.25) is 9.59 Å². The van der Waals surface area contributed by atoms with Gasteiger partial charge in [-0.05, 0) is 13.3 Å². The van der Waals surface area contributed by atoms with E-state index in [2.05, 4.69) is 14.8 Å². The van der Waals surface area contributed by atoms with Crippen LogP contribution in [0.15, 0.2) is 0 Å². The molecule has 0 aliphatic carbocycles. The van der Waals surface area contributed by atoms with Crippen LogP contribution in [0.4, 0.5) is 13.2 Å². The van der Waals surface area contributed by atoms with Gasteiger partial charge >= 0.3 is 18.4 Å². The summed E-state index contributed by atoms with van der Waals surface area (Å²) in [4.78, 5) is 37.3. The van der Waals surface area contributed by atoms with Gasteiger partial charge in [-0.25, -0.2) is 4.79 Å². The number of rotatable bonds is 10. The summed E-state index contributed by atoms with van der Waals surface area (Å²) in [5.41, 5.74) is 8.22. The molecule has 0 aromatic rings. The number of ether oxygens (including phenoxy) is 2. The van der Waals surface area contributed by atoms with Crippen molar-refractivity contribution in [1.82, 2.24) is 5.32 Å². The van der Waals surface area contributed by atoms with E-state index in [-0.39, 0.29) is 12.8 Å². The van der Waals surface area contributed by atoms with Crippen LogP contribution in [0.2, 0.25) is 0 Å². The minimum Gasteiger partial charge on any atom is -0.464 e. The van der Waals surface area contributed by atoms with Crippen LogP contribution >= 0.6 is 0 Å². The predicted octanol–water partition coefficient (Wildman–Crippen LogP) is 0.652. The van der Waals surface area contributed by atoms with Crippen molar-refractivity contribution in [2.75, 3.05) is 13.7 Å². The predicted molar refractivity (Wildman–Crippen MR) is 74.0 cm³/mol. The summed E-state index contributed by atoms with van der Waals surface area (Å²) in [5, 5.41) is 2.23. The Balaban J connectivity index is 4.76. The molecule has 1 amide bonds. The first kappa shape index (κ1) is 21.7. The molecule has 0 rings (SSSR count). The van der Waals surface area contributed by atoms with Crippen LogP contribution in [0.1, 0.15) is 26.2 Å². The lowest BCUT2D eigenvalue weighted by molar-refractivity contribution is -0.162. The molecule has 0 aromatic heterocycles. The van der Waals surface area contributed by atoms with Crippen molar-refractivity contribution in [3.8, 4) is 0 Å². The second-order valence-electron chi connectivity index (χ2n) is 4.72. The van der Waals surface area contributed by atoms with Crippen molar-refractivity contribution < 1.29 is 41.8 Å². The van der Waals surface area contributed by atoms with Gasteiger partial charge in [-0.1, -0.05) is 0 Å². The number of halogens is 3. The monoisotopic (exact) mass is 353 g/mol. The summed E-state index contributed by atoms with van der Waals surface area (Å²) in [5.74, 6) is -2.44. The minimum atomic E-state index is -4.49. The van der Waals surface area contributed by atoms with Crippen LogP contribution in [0.25, 0.3) is 5.53 Å². The number of carbonyl (C=O) groups excluding carboxylic acids is 3. The van der Waals surface area contributed by atoms with Crippen LogP contribution < -0.4 is 5.32 Å². The first-order chi connectivity index (χ1) is 11.1. The average molecular weight is 353 g/mol. The first-order valence-corrected chi connectivity index (χ1v) is 6.87. The van der Waals surface area contributed by atoms with Gasteiger partial charge in [-0.2, -0.15) is 18.0 Å². The molecule has 11 heteroatoms. The Morgan fingerprint density at radius 3 is 2.46 bits per heavy atom. The molecule has 0 fully saturated rings. The summed E-state index contributed by atoms with van der Waals surface area (Å²) in [6, 6.07) is -1.33. The third kappa shape index (κ3) is 9.70. The Bertz CT molecular complexity index is 504. The minimum absolute atomic E-state index is 0.238. The zero-order chi connectivity index (χ0) is 18.8. The number of esters is 1. The largest absolute Gasteiger partial charge is 0.464 e. The van der Waals surface area contributed by atoms with Gasteiger partial charge in [0.1, 0.15) is 18.8 Å². The van der Waals surface area contributed by atoms with E-state index in [9.17, 15) is 27.6 Å². The van der Waals surface area contributed by atoms with Gasteiger partial charge < -0.3 is 20.3 Å². The van der Waals surface area contributed by atoms with Crippen molar-refractivity contribution in [3.63, 3.8) is 0 Å². The zero-order valence-electron chi connectivity index (χ0n) is 13.1. The highest BCUT2D eigenvalue weighted by Crippen LogP contribution is 2.19. The number of nitrogens with zero attached hydrogens (tertiary/aromatic N) is 2. The van der Waals surface area contributed by atoms with Crippen LogP contribution in [-0.4, -0.2) is 60.7 Å². The Morgan fingerprint density at radius 1 is 1.33 bits per heavy atom. The molecular formula is C13H18F3N3O5. The van der Waals surface area contributed by atoms with Gasteiger partial charge in [0.25, 0.3) is 0 Å². The molecule has 24 heavy (non-hydrogen) atoms. The van der Waals surface area contributed by atoms with Crippen molar-refractivity contribution in [2.45, 2.75) is 44.5 Å². The summed E-state index contributed by atoms with van der Waals surface area (Å²) in [6.07, 6.45) is -6.65. The van der Waals surface area contributed by atoms with E-state index in [1.807, 2.05) is 0 Å². The molecule has 1 N–H and O–H groups in total. The molecular weight excluding hydrogens is 335 g/mol. The molecule has 0 aliphatic heterocycles. The smallest absolute Gasteiger partial charge is 0.392 e. The van der Waals surface area contributed by atoms with Crippen molar-refractivity contribution in [2.24, 2.45) is 0 Å². The number of hydrogen-bond acceptors (Lipinski definition) is 5. The highest BCUT2D eigenvalue weighted by Gasteiger charge is 2.29. The molecule has 136 valence electrons. The molecule has 0 heterocycles. The van der Waals surface area contributed by atoms with Crippen LogP contribution in [-0.2, 0) is 23.9 Å². The van der Waals surface area contributed by atoms with E-state index in [0.717, 1.165) is 0 Å². The maximum Gasteiger partial charge on any atom is 0.392 e.